The third kappa shape index (κ3) is 3.70. The smallest absolute Gasteiger partial charge is 0.0654 e. The maximum atomic E-state index is 5.15. The average Bonchev–Trinajstić information content (AvgIpc) is 2.28. The van der Waals surface area contributed by atoms with Crippen LogP contribution in [0.5, 0.6) is 0 Å². The van der Waals surface area contributed by atoms with Gasteiger partial charge in [-0.05, 0) is 39.3 Å². The molecule has 1 unspecified atom stereocenters. The SMILES string of the molecule is CCONC1CCCNCC1. The third-order valence-electron chi connectivity index (χ3n) is 1.97. The molecule has 1 saturated heterocycles. The topological polar surface area (TPSA) is 33.3 Å². The van der Waals surface area contributed by atoms with E-state index in [-0.39, 0.29) is 0 Å². The molecule has 3 nitrogen and oxygen atoms in total. The van der Waals surface area contributed by atoms with Gasteiger partial charge in [-0.2, -0.15) is 5.48 Å². The van der Waals surface area contributed by atoms with E-state index < -0.39 is 0 Å². The Morgan fingerprint density at radius 3 is 3.18 bits per heavy atom. The molecule has 1 aliphatic heterocycles. The van der Waals surface area contributed by atoms with Crippen molar-refractivity contribution < 1.29 is 4.84 Å². The van der Waals surface area contributed by atoms with Crippen molar-refractivity contribution in [3.8, 4) is 0 Å². The van der Waals surface area contributed by atoms with E-state index in [0.29, 0.717) is 6.04 Å². The summed E-state index contributed by atoms with van der Waals surface area (Å²) in [5, 5.41) is 3.36. The first-order chi connectivity index (χ1) is 5.43. The first-order valence-corrected chi connectivity index (χ1v) is 4.51. The Balaban J connectivity index is 2.09. The van der Waals surface area contributed by atoms with Crippen LogP contribution in [0.1, 0.15) is 26.2 Å². The van der Waals surface area contributed by atoms with E-state index in [2.05, 4.69) is 10.8 Å². The summed E-state index contributed by atoms with van der Waals surface area (Å²) in [6.45, 7) is 5.03. The van der Waals surface area contributed by atoms with E-state index in [1.54, 1.807) is 0 Å². The molecule has 0 radical (unpaired) electrons. The summed E-state index contributed by atoms with van der Waals surface area (Å²) < 4.78 is 0. The molecule has 0 aliphatic carbocycles. The number of hydrogen-bond donors (Lipinski definition) is 2. The largest absolute Gasteiger partial charge is 0.317 e. The fraction of sp³-hybridized carbons (Fsp3) is 1.00. The highest BCUT2D eigenvalue weighted by atomic mass is 16.6. The molecule has 1 aliphatic rings. The zero-order chi connectivity index (χ0) is 7.94. The van der Waals surface area contributed by atoms with Crippen molar-refractivity contribution in [1.29, 1.82) is 0 Å². The number of hydrogen-bond acceptors (Lipinski definition) is 3. The van der Waals surface area contributed by atoms with E-state index in [1.165, 1.54) is 19.3 Å². The number of nitrogens with one attached hydrogen (secondary N) is 2. The quantitative estimate of drug-likeness (QED) is 0.592. The highest BCUT2D eigenvalue weighted by Crippen LogP contribution is 2.04. The zero-order valence-corrected chi connectivity index (χ0v) is 7.23. The van der Waals surface area contributed by atoms with Crippen LogP contribution in [-0.2, 0) is 4.84 Å². The predicted molar refractivity (Wildman–Crippen MR) is 45.3 cm³/mol. The highest BCUT2D eigenvalue weighted by molar-refractivity contribution is 4.68. The van der Waals surface area contributed by atoms with Gasteiger partial charge in [0.15, 0.2) is 0 Å². The number of hydroxylamine groups is 1. The molecule has 0 amide bonds. The van der Waals surface area contributed by atoms with Crippen molar-refractivity contribution in [1.82, 2.24) is 10.8 Å². The monoisotopic (exact) mass is 158 g/mol. The second-order valence-corrected chi connectivity index (χ2v) is 2.93. The lowest BCUT2D eigenvalue weighted by Crippen LogP contribution is -2.30. The van der Waals surface area contributed by atoms with Crippen molar-refractivity contribution in [3.05, 3.63) is 0 Å². The second-order valence-electron chi connectivity index (χ2n) is 2.93. The lowest BCUT2D eigenvalue weighted by molar-refractivity contribution is 0.0216. The zero-order valence-electron chi connectivity index (χ0n) is 7.23. The Morgan fingerprint density at radius 2 is 2.36 bits per heavy atom. The molecular formula is C8H18N2O. The lowest BCUT2D eigenvalue weighted by atomic mass is 10.1. The summed E-state index contributed by atoms with van der Waals surface area (Å²) in [4.78, 5) is 5.15. The van der Waals surface area contributed by atoms with Crippen molar-refractivity contribution >= 4 is 0 Å². The van der Waals surface area contributed by atoms with Gasteiger partial charge in [0.1, 0.15) is 0 Å². The van der Waals surface area contributed by atoms with Gasteiger partial charge >= 0.3 is 0 Å². The molecule has 2 N–H and O–H groups in total. The van der Waals surface area contributed by atoms with Crippen LogP contribution in [0.25, 0.3) is 0 Å². The molecule has 1 heterocycles. The summed E-state index contributed by atoms with van der Waals surface area (Å²) in [5.74, 6) is 0. The molecule has 1 fully saturated rings. The summed E-state index contributed by atoms with van der Waals surface area (Å²) in [6, 6.07) is 0.560. The van der Waals surface area contributed by atoms with Crippen LogP contribution in [0.4, 0.5) is 0 Å². The fourth-order valence-electron chi connectivity index (χ4n) is 1.34. The average molecular weight is 158 g/mol. The van der Waals surface area contributed by atoms with Crippen LogP contribution in [-0.4, -0.2) is 25.7 Å². The molecule has 0 spiro atoms. The Bertz CT molecular complexity index is 90.1. The molecular weight excluding hydrogens is 140 g/mol. The van der Waals surface area contributed by atoms with Crippen molar-refractivity contribution in [3.63, 3.8) is 0 Å². The fourth-order valence-corrected chi connectivity index (χ4v) is 1.34. The van der Waals surface area contributed by atoms with Gasteiger partial charge in [0.25, 0.3) is 0 Å². The van der Waals surface area contributed by atoms with Gasteiger partial charge in [-0.1, -0.05) is 0 Å². The van der Waals surface area contributed by atoms with Crippen molar-refractivity contribution in [2.24, 2.45) is 0 Å². The summed E-state index contributed by atoms with van der Waals surface area (Å²) in [7, 11) is 0. The van der Waals surface area contributed by atoms with Crippen LogP contribution in [0.3, 0.4) is 0 Å². The second kappa shape index (κ2) is 5.52. The van der Waals surface area contributed by atoms with E-state index in [9.17, 15) is 0 Å². The molecule has 1 rings (SSSR count). The molecule has 11 heavy (non-hydrogen) atoms. The minimum Gasteiger partial charge on any atom is -0.317 e. The molecule has 66 valence electrons. The molecule has 3 heteroatoms. The first-order valence-electron chi connectivity index (χ1n) is 4.51. The minimum atomic E-state index is 0.560. The Kier molecular flexibility index (Phi) is 4.50. The van der Waals surface area contributed by atoms with Crippen LogP contribution in [0.15, 0.2) is 0 Å². The Morgan fingerprint density at radius 1 is 1.45 bits per heavy atom. The van der Waals surface area contributed by atoms with Gasteiger partial charge in [0.05, 0.1) is 6.61 Å². The predicted octanol–water partition coefficient (Wildman–Crippen LogP) is 0.670. The summed E-state index contributed by atoms with van der Waals surface area (Å²) >= 11 is 0. The summed E-state index contributed by atoms with van der Waals surface area (Å²) in [5.41, 5.74) is 3.07. The van der Waals surface area contributed by atoms with Crippen LogP contribution < -0.4 is 10.8 Å². The van der Waals surface area contributed by atoms with E-state index in [4.69, 9.17) is 4.84 Å². The highest BCUT2D eigenvalue weighted by Gasteiger charge is 2.10. The standard InChI is InChI=1S/C8H18N2O/c1-2-11-10-8-4-3-6-9-7-5-8/h8-10H,2-7H2,1H3. The third-order valence-corrected chi connectivity index (χ3v) is 1.97. The minimum absolute atomic E-state index is 0.560. The summed E-state index contributed by atoms with van der Waals surface area (Å²) in [6.07, 6.45) is 3.66. The molecule has 0 aromatic heterocycles. The van der Waals surface area contributed by atoms with Crippen LogP contribution in [0.2, 0.25) is 0 Å². The van der Waals surface area contributed by atoms with Gasteiger partial charge in [-0.3, -0.25) is 0 Å². The van der Waals surface area contributed by atoms with Gasteiger partial charge in [-0.25, -0.2) is 0 Å². The van der Waals surface area contributed by atoms with Crippen molar-refractivity contribution in [2.75, 3.05) is 19.7 Å². The van der Waals surface area contributed by atoms with Gasteiger partial charge in [0.2, 0.25) is 0 Å². The number of rotatable bonds is 3. The van der Waals surface area contributed by atoms with Gasteiger partial charge in [-0.15, -0.1) is 0 Å². The lowest BCUT2D eigenvalue weighted by Gasteiger charge is -2.14. The molecule has 0 aromatic rings. The molecule has 0 bridgehead atoms. The molecule has 0 saturated carbocycles. The van der Waals surface area contributed by atoms with Crippen LogP contribution >= 0.6 is 0 Å². The Hall–Kier alpha value is -0.120. The van der Waals surface area contributed by atoms with Crippen LogP contribution in [0, 0.1) is 0 Å². The Labute approximate surface area is 68.5 Å². The van der Waals surface area contributed by atoms with Crippen molar-refractivity contribution in [2.45, 2.75) is 32.2 Å². The van der Waals surface area contributed by atoms with Gasteiger partial charge in [0, 0.05) is 6.04 Å². The molecule has 1 atom stereocenters. The van der Waals surface area contributed by atoms with Gasteiger partial charge < -0.3 is 10.2 Å². The van der Waals surface area contributed by atoms with E-state index in [0.717, 1.165) is 19.7 Å². The normalized spacial score (nSPS) is 26.5. The first kappa shape index (κ1) is 8.97. The maximum absolute atomic E-state index is 5.15. The van der Waals surface area contributed by atoms with E-state index >= 15 is 0 Å². The maximum Gasteiger partial charge on any atom is 0.0654 e. The van der Waals surface area contributed by atoms with E-state index in [1.807, 2.05) is 6.92 Å². The molecule has 0 aromatic carbocycles.